The molecule has 2 heterocycles. The molecule has 5 nitrogen and oxygen atoms in total. The van der Waals surface area contributed by atoms with E-state index in [4.69, 9.17) is 17.0 Å². The van der Waals surface area contributed by atoms with E-state index in [-0.39, 0.29) is 10.2 Å². The van der Waals surface area contributed by atoms with Gasteiger partial charge in [0.15, 0.2) is 0 Å². The van der Waals surface area contributed by atoms with Crippen molar-refractivity contribution in [1.82, 2.24) is 4.90 Å². The molecular weight excluding hydrogens is 390 g/mol. The maximum atomic E-state index is 12.8. The standard InChI is InChI=1S/C18H17NO4S3/c1-25-7-6-13(17(21)22)19-16(20)15(26-18(19)24)9-11-8-12-4-2-3-5-14(12)23-10-11/h2-5,8-9,13H,6-7,10H2,1H3,(H,21,22)/b15-9+/t13-/m0/s1. The number of carbonyl (C=O) groups excluding carboxylic acids is 1. The number of rotatable bonds is 6. The van der Waals surface area contributed by atoms with E-state index < -0.39 is 12.0 Å². The molecule has 1 atom stereocenters. The third-order valence-corrected chi connectivity index (χ3v) is 5.96. The van der Waals surface area contributed by atoms with Gasteiger partial charge in [0.05, 0.1) is 4.91 Å². The monoisotopic (exact) mass is 407 g/mol. The van der Waals surface area contributed by atoms with Crippen molar-refractivity contribution in [3.8, 4) is 5.75 Å². The van der Waals surface area contributed by atoms with Crippen molar-refractivity contribution in [2.24, 2.45) is 0 Å². The molecule has 1 aromatic carbocycles. The van der Waals surface area contributed by atoms with Crippen LogP contribution in [0.3, 0.4) is 0 Å². The number of ether oxygens (including phenoxy) is 1. The molecule has 2 aliphatic rings. The molecule has 1 N–H and O–H groups in total. The lowest BCUT2D eigenvalue weighted by molar-refractivity contribution is -0.145. The summed E-state index contributed by atoms with van der Waals surface area (Å²) in [6.07, 6.45) is 5.96. The lowest BCUT2D eigenvalue weighted by Gasteiger charge is -2.22. The normalized spacial score (nSPS) is 19.2. The summed E-state index contributed by atoms with van der Waals surface area (Å²) >= 11 is 7.96. The predicted molar refractivity (Wildman–Crippen MR) is 109 cm³/mol. The molecule has 8 heteroatoms. The van der Waals surface area contributed by atoms with Crippen molar-refractivity contribution in [3.63, 3.8) is 0 Å². The van der Waals surface area contributed by atoms with E-state index in [1.807, 2.05) is 36.6 Å². The summed E-state index contributed by atoms with van der Waals surface area (Å²) in [6.45, 7) is 0.357. The van der Waals surface area contributed by atoms with Gasteiger partial charge in [-0.15, -0.1) is 0 Å². The van der Waals surface area contributed by atoms with Crippen LogP contribution in [0.5, 0.6) is 5.75 Å². The predicted octanol–water partition coefficient (Wildman–Crippen LogP) is 3.41. The van der Waals surface area contributed by atoms with E-state index in [9.17, 15) is 14.7 Å². The van der Waals surface area contributed by atoms with Gasteiger partial charge in [0.25, 0.3) is 5.91 Å². The highest BCUT2D eigenvalue weighted by Crippen LogP contribution is 2.35. The summed E-state index contributed by atoms with van der Waals surface area (Å²) in [5.74, 6) is 0.0577. The molecule has 1 amide bonds. The molecule has 0 aromatic heterocycles. The molecule has 0 saturated carbocycles. The Bertz CT molecular complexity index is 818. The first kappa shape index (κ1) is 19.0. The topological polar surface area (TPSA) is 66.8 Å². The Balaban J connectivity index is 1.83. The first-order chi connectivity index (χ1) is 12.5. The Morgan fingerprint density at radius 2 is 2.27 bits per heavy atom. The Labute approximate surface area is 165 Å². The second kappa shape index (κ2) is 8.28. The van der Waals surface area contributed by atoms with Crippen molar-refractivity contribution < 1.29 is 19.4 Å². The molecule has 0 spiro atoms. The van der Waals surface area contributed by atoms with Gasteiger partial charge < -0.3 is 9.84 Å². The van der Waals surface area contributed by atoms with Gasteiger partial charge in [-0.2, -0.15) is 11.8 Å². The summed E-state index contributed by atoms with van der Waals surface area (Å²) in [6, 6.07) is 6.73. The molecule has 1 fully saturated rings. The molecule has 26 heavy (non-hydrogen) atoms. The van der Waals surface area contributed by atoms with Crippen molar-refractivity contribution in [1.29, 1.82) is 0 Å². The molecule has 1 aromatic rings. The number of carboxylic acid groups (broad SMARTS) is 1. The molecule has 1 saturated heterocycles. The highest BCUT2D eigenvalue weighted by molar-refractivity contribution is 8.26. The number of amides is 1. The molecule has 0 radical (unpaired) electrons. The Kier molecular flexibility index (Phi) is 6.05. The van der Waals surface area contributed by atoms with Gasteiger partial charge in [-0.1, -0.05) is 42.2 Å². The van der Waals surface area contributed by atoms with Gasteiger partial charge in [0.1, 0.15) is 22.7 Å². The first-order valence-electron chi connectivity index (χ1n) is 7.92. The number of nitrogens with zero attached hydrogens (tertiary/aromatic N) is 1. The van der Waals surface area contributed by atoms with Gasteiger partial charge in [0, 0.05) is 5.56 Å². The fourth-order valence-electron chi connectivity index (χ4n) is 2.73. The van der Waals surface area contributed by atoms with E-state index in [1.165, 1.54) is 16.7 Å². The third-order valence-electron chi connectivity index (χ3n) is 3.99. The highest BCUT2D eigenvalue weighted by Gasteiger charge is 2.40. The molecule has 0 unspecified atom stereocenters. The van der Waals surface area contributed by atoms with Crippen LogP contribution < -0.4 is 4.74 Å². The minimum atomic E-state index is -1.04. The number of thiocarbonyl (C=S) groups is 1. The molecular formula is C18H17NO4S3. The van der Waals surface area contributed by atoms with Crippen LogP contribution in [0.15, 0.2) is 40.8 Å². The number of fused-ring (bicyclic) bond motifs is 1. The number of carbonyl (C=O) groups is 2. The average molecular weight is 408 g/mol. The third kappa shape index (κ3) is 3.97. The lowest BCUT2D eigenvalue weighted by atomic mass is 10.1. The van der Waals surface area contributed by atoms with Crippen LogP contribution >= 0.6 is 35.7 Å². The molecule has 136 valence electrons. The lowest BCUT2D eigenvalue weighted by Crippen LogP contribution is -2.44. The molecule has 0 bridgehead atoms. The van der Waals surface area contributed by atoms with Crippen LogP contribution in [0.1, 0.15) is 12.0 Å². The van der Waals surface area contributed by atoms with Gasteiger partial charge in [-0.3, -0.25) is 9.69 Å². The summed E-state index contributed by atoms with van der Waals surface area (Å²) in [5.41, 5.74) is 1.80. The van der Waals surface area contributed by atoms with E-state index in [2.05, 4.69) is 0 Å². The minimum absolute atomic E-state index is 0.285. The van der Waals surface area contributed by atoms with Crippen LogP contribution in [0, 0.1) is 0 Å². The zero-order valence-corrected chi connectivity index (χ0v) is 16.5. The first-order valence-corrected chi connectivity index (χ1v) is 10.5. The number of benzene rings is 1. The zero-order chi connectivity index (χ0) is 18.7. The summed E-state index contributed by atoms with van der Waals surface area (Å²) in [4.78, 5) is 26.0. The van der Waals surface area contributed by atoms with Gasteiger partial charge in [-0.05, 0) is 42.2 Å². The Hall–Kier alpha value is -1.77. The largest absolute Gasteiger partial charge is 0.488 e. The van der Waals surface area contributed by atoms with E-state index >= 15 is 0 Å². The number of para-hydroxylation sites is 1. The number of hydrogen-bond acceptors (Lipinski definition) is 6. The van der Waals surface area contributed by atoms with Crippen LogP contribution in [0.2, 0.25) is 0 Å². The van der Waals surface area contributed by atoms with Crippen molar-refractivity contribution in [2.45, 2.75) is 12.5 Å². The van der Waals surface area contributed by atoms with Crippen LogP contribution in [0.25, 0.3) is 6.08 Å². The molecule has 2 aliphatic heterocycles. The van der Waals surface area contributed by atoms with Crippen molar-refractivity contribution in [2.75, 3.05) is 18.6 Å². The van der Waals surface area contributed by atoms with E-state index in [0.29, 0.717) is 23.7 Å². The van der Waals surface area contributed by atoms with Crippen LogP contribution in [-0.2, 0) is 9.59 Å². The van der Waals surface area contributed by atoms with Crippen molar-refractivity contribution in [3.05, 3.63) is 46.4 Å². The highest BCUT2D eigenvalue weighted by atomic mass is 32.2. The fraction of sp³-hybridized carbons (Fsp3) is 0.278. The summed E-state index contributed by atoms with van der Waals surface area (Å²) < 4.78 is 5.98. The second-order valence-corrected chi connectivity index (χ2v) is 8.39. The Morgan fingerprint density at radius 3 is 3.00 bits per heavy atom. The van der Waals surface area contributed by atoms with Gasteiger partial charge in [0.2, 0.25) is 0 Å². The number of carboxylic acids is 1. The number of hydrogen-bond donors (Lipinski definition) is 1. The zero-order valence-electron chi connectivity index (χ0n) is 14.0. The van der Waals surface area contributed by atoms with E-state index in [1.54, 1.807) is 6.08 Å². The quantitative estimate of drug-likeness (QED) is 0.572. The molecule has 3 rings (SSSR count). The summed E-state index contributed by atoms with van der Waals surface area (Å²) in [7, 11) is 0. The fourth-order valence-corrected chi connectivity index (χ4v) is 4.56. The minimum Gasteiger partial charge on any atom is -0.488 e. The maximum Gasteiger partial charge on any atom is 0.326 e. The number of aliphatic carboxylic acids is 1. The van der Waals surface area contributed by atoms with Gasteiger partial charge in [-0.25, -0.2) is 4.79 Å². The SMILES string of the molecule is CSCC[C@@H](C(=O)O)N1C(=O)/C(=C\C2=Cc3ccccc3OC2)SC1=S. The maximum absolute atomic E-state index is 12.8. The number of thioether (sulfide) groups is 2. The average Bonchev–Trinajstić information content (AvgIpc) is 2.89. The van der Waals surface area contributed by atoms with Crippen molar-refractivity contribution >= 4 is 58.0 Å². The van der Waals surface area contributed by atoms with Gasteiger partial charge >= 0.3 is 5.97 Å². The molecule has 0 aliphatic carbocycles. The van der Waals surface area contributed by atoms with E-state index in [0.717, 1.165) is 28.6 Å². The smallest absolute Gasteiger partial charge is 0.326 e. The Morgan fingerprint density at radius 1 is 1.50 bits per heavy atom. The second-order valence-electron chi connectivity index (χ2n) is 5.73. The summed E-state index contributed by atoms with van der Waals surface area (Å²) in [5, 5.41) is 9.49. The van der Waals surface area contributed by atoms with Crippen LogP contribution in [-0.4, -0.2) is 50.9 Å². The van der Waals surface area contributed by atoms with Crippen LogP contribution in [0.4, 0.5) is 0 Å².